The second-order valence-electron chi connectivity index (χ2n) is 12.6. The van der Waals surface area contributed by atoms with Crippen LogP contribution in [0.15, 0.2) is 0 Å². The van der Waals surface area contributed by atoms with E-state index in [2.05, 4.69) is 44.9 Å². The van der Waals surface area contributed by atoms with E-state index in [4.69, 9.17) is 0 Å². The van der Waals surface area contributed by atoms with Crippen molar-refractivity contribution < 1.29 is 4.79 Å². The summed E-state index contributed by atoms with van der Waals surface area (Å²) in [5, 5.41) is 0. The number of carbonyl (C=O) groups excluding carboxylic acids is 1. The van der Waals surface area contributed by atoms with Gasteiger partial charge in [0.15, 0.2) is 0 Å². The number of carbonyl (C=O) groups is 1. The van der Waals surface area contributed by atoms with E-state index < -0.39 is 0 Å². The van der Waals surface area contributed by atoms with Crippen LogP contribution < -0.4 is 0 Å². The van der Waals surface area contributed by atoms with Gasteiger partial charge in [-0.25, -0.2) is 13.4 Å². The van der Waals surface area contributed by atoms with Crippen LogP contribution in [-0.4, -0.2) is 62.5 Å². The molecule has 1 fully saturated rings. The Morgan fingerprint density at radius 1 is 0.429 bits per heavy atom. The number of hydrogen-bond donors (Lipinski definition) is 0. The van der Waals surface area contributed by atoms with E-state index in [0.717, 1.165) is 39.3 Å². The molecule has 5 nitrogen and oxygen atoms in total. The van der Waals surface area contributed by atoms with Gasteiger partial charge in [-0.3, -0.25) is 8.61 Å². The minimum atomic E-state index is 0.205. The van der Waals surface area contributed by atoms with Crippen LogP contribution in [0.2, 0.25) is 0 Å². The fraction of sp³-hybridized carbons (Fsp3) is 0.971. The lowest BCUT2D eigenvalue weighted by Gasteiger charge is -2.28. The molecule has 0 bridgehead atoms. The van der Waals surface area contributed by atoms with Crippen molar-refractivity contribution >= 4 is 30.3 Å². The zero-order valence-electron chi connectivity index (χ0n) is 28.7. The van der Waals surface area contributed by atoms with Crippen LogP contribution in [0.4, 0.5) is 4.79 Å². The van der Waals surface area contributed by atoms with Gasteiger partial charge in [-0.1, -0.05) is 156 Å². The highest BCUT2D eigenvalue weighted by Gasteiger charge is 2.32. The van der Waals surface area contributed by atoms with Crippen LogP contribution >= 0.6 is 24.3 Å². The number of amides is 2. The molecule has 0 atom stereocenters. The second kappa shape index (κ2) is 29.6. The molecule has 0 spiro atoms. The zero-order valence-corrected chi connectivity index (χ0v) is 30.4. The van der Waals surface area contributed by atoms with Crippen LogP contribution in [0.25, 0.3) is 0 Å². The Hall–Kier alpha value is -0.110. The van der Waals surface area contributed by atoms with Crippen molar-refractivity contribution in [1.29, 1.82) is 0 Å². The van der Waals surface area contributed by atoms with Crippen LogP contribution in [0.3, 0.4) is 0 Å². The summed E-state index contributed by atoms with van der Waals surface area (Å²) in [4.78, 5) is 13.5. The van der Waals surface area contributed by atoms with Crippen molar-refractivity contribution in [1.82, 2.24) is 17.2 Å². The third-order valence-electron chi connectivity index (χ3n) is 8.41. The zero-order chi connectivity index (χ0) is 30.5. The first kappa shape index (κ1) is 39.9. The maximum Gasteiger partial charge on any atom is 0.342 e. The summed E-state index contributed by atoms with van der Waals surface area (Å²) in [6.45, 7) is 15.2. The first-order valence-electron chi connectivity index (χ1n) is 18.6. The monoisotopic (exact) mass is 629 g/mol. The van der Waals surface area contributed by atoms with Gasteiger partial charge in [-0.15, -0.1) is 0 Å². The van der Waals surface area contributed by atoms with Crippen molar-refractivity contribution in [3.8, 4) is 0 Å². The molecule has 0 aromatic rings. The molecule has 1 heterocycles. The number of rotatable bonds is 32. The van der Waals surface area contributed by atoms with E-state index in [9.17, 15) is 4.79 Å². The standard InChI is InChI=1S/C35H72N4OS2/c1-5-9-13-17-21-25-29-36(30-26-22-18-14-10-6-2)41-38-33-34-39(35(38)40)42-37(31-27-23-19-15-11-7-3)32-28-24-20-16-12-8-4/h5-34H2,1-4H3. The Kier molecular flexibility index (Phi) is 28.1. The minimum Gasteiger partial charge on any atom is -0.252 e. The summed E-state index contributed by atoms with van der Waals surface area (Å²) in [6.07, 6.45) is 31.8. The van der Waals surface area contributed by atoms with Gasteiger partial charge in [0.2, 0.25) is 0 Å². The lowest BCUT2D eigenvalue weighted by Crippen LogP contribution is -2.32. The maximum atomic E-state index is 13.5. The fourth-order valence-corrected chi connectivity index (χ4v) is 7.70. The third kappa shape index (κ3) is 21.6. The molecule has 2 amide bonds. The van der Waals surface area contributed by atoms with Gasteiger partial charge >= 0.3 is 6.03 Å². The number of nitrogens with zero attached hydrogens (tertiary/aromatic N) is 4. The van der Waals surface area contributed by atoms with Crippen molar-refractivity contribution in [3.63, 3.8) is 0 Å². The average Bonchev–Trinajstić information content (AvgIpc) is 3.33. The molecule has 0 radical (unpaired) electrons. The largest absolute Gasteiger partial charge is 0.342 e. The third-order valence-corrected chi connectivity index (χ3v) is 10.7. The van der Waals surface area contributed by atoms with Gasteiger partial charge in [0.05, 0.1) is 13.1 Å². The van der Waals surface area contributed by atoms with Crippen LogP contribution in [0.1, 0.15) is 182 Å². The predicted octanol–water partition coefficient (Wildman–Crippen LogP) is 11.9. The topological polar surface area (TPSA) is 30.0 Å². The summed E-state index contributed by atoms with van der Waals surface area (Å²) in [6, 6.07) is 0.205. The fourth-order valence-electron chi connectivity index (χ4n) is 5.59. The number of hydrogen-bond acceptors (Lipinski definition) is 5. The minimum absolute atomic E-state index is 0.205. The van der Waals surface area contributed by atoms with Crippen molar-refractivity contribution in [2.75, 3.05) is 39.3 Å². The van der Waals surface area contributed by atoms with Crippen molar-refractivity contribution in [2.45, 2.75) is 182 Å². The van der Waals surface area contributed by atoms with Gasteiger partial charge in [0, 0.05) is 50.4 Å². The normalized spacial score (nSPS) is 13.9. The molecule has 0 aromatic carbocycles. The molecule has 1 aliphatic heterocycles. The quantitative estimate of drug-likeness (QED) is 0.0546. The van der Waals surface area contributed by atoms with Crippen LogP contribution in [-0.2, 0) is 0 Å². The van der Waals surface area contributed by atoms with E-state index in [-0.39, 0.29) is 6.03 Å². The van der Waals surface area contributed by atoms with Gasteiger partial charge in [-0.05, 0) is 25.7 Å². The molecule has 1 rings (SSSR count). The molecule has 250 valence electrons. The highest BCUT2D eigenvalue weighted by Crippen LogP contribution is 2.30. The van der Waals surface area contributed by atoms with Crippen LogP contribution in [0.5, 0.6) is 0 Å². The molecular formula is C35H72N4OS2. The molecule has 1 saturated heterocycles. The van der Waals surface area contributed by atoms with E-state index in [1.54, 1.807) is 24.3 Å². The molecule has 0 aromatic heterocycles. The van der Waals surface area contributed by atoms with Gasteiger partial charge in [-0.2, -0.15) is 0 Å². The molecule has 1 aliphatic rings. The first-order valence-corrected chi connectivity index (χ1v) is 20.1. The summed E-state index contributed by atoms with van der Waals surface area (Å²) in [5.74, 6) is 0. The smallest absolute Gasteiger partial charge is 0.252 e. The molecule has 0 saturated carbocycles. The maximum absolute atomic E-state index is 13.5. The number of unbranched alkanes of at least 4 members (excludes halogenated alkanes) is 20. The number of urea groups is 1. The molecule has 0 aliphatic carbocycles. The Labute approximate surface area is 272 Å². The Morgan fingerprint density at radius 2 is 0.667 bits per heavy atom. The second-order valence-corrected chi connectivity index (χ2v) is 14.8. The average molecular weight is 629 g/mol. The van der Waals surface area contributed by atoms with Crippen molar-refractivity contribution in [2.24, 2.45) is 0 Å². The van der Waals surface area contributed by atoms with Gasteiger partial charge < -0.3 is 0 Å². The molecular weight excluding hydrogens is 557 g/mol. The Morgan fingerprint density at radius 3 is 0.929 bits per heavy atom. The summed E-state index contributed by atoms with van der Waals surface area (Å²) in [5.41, 5.74) is 0. The van der Waals surface area contributed by atoms with Gasteiger partial charge in [0.25, 0.3) is 0 Å². The Balaban J connectivity index is 2.57. The van der Waals surface area contributed by atoms with E-state index >= 15 is 0 Å². The van der Waals surface area contributed by atoms with Gasteiger partial charge in [0.1, 0.15) is 0 Å². The van der Waals surface area contributed by atoms with E-state index in [1.807, 2.05) is 0 Å². The van der Waals surface area contributed by atoms with Crippen molar-refractivity contribution in [3.05, 3.63) is 0 Å². The highest BCUT2D eigenvalue weighted by molar-refractivity contribution is 7.96. The summed E-state index contributed by atoms with van der Waals surface area (Å²) < 4.78 is 9.12. The Bertz CT molecular complexity index is 517. The SMILES string of the molecule is CCCCCCCCN(CCCCCCCC)SN1CCN(SN(CCCCCCCC)CCCCCCCC)C1=O. The lowest BCUT2D eigenvalue weighted by molar-refractivity contribution is 0.226. The lowest BCUT2D eigenvalue weighted by atomic mass is 10.1. The van der Waals surface area contributed by atoms with E-state index in [1.165, 1.54) is 154 Å². The molecule has 0 N–H and O–H groups in total. The highest BCUT2D eigenvalue weighted by atomic mass is 32.2. The van der Waals surface area contributed by atoms with E-state index in [0.29, 0.717) is 0 Å². The summed E-state index contributed by atoms with van der Waals surface area (Å²) >= 11 is 3.46. The predicted molar refractivity (Wildman–Crippen MR) is 191 cm³/mol. The first-order chi connectivity index (χ1) is 20.7. The molecule has 0 unspecified atom stereocenters. The summed E-state index contributed by atoms with van der Waals surface area (Å²) in [7, 11) is 0. The molecule has 42 heavy (non-hydrogen) atoms. The molecule has 7 heteroatoms. The van der Waals surface area contributed by atoms with Crippen LogP contribution in [0, 0.1) is 0 Å².